The number of ether oxygens (including phenoxy) is 1. The van der Waals surface area contributed by atoms with E-state index < -0.39 is 38.4 Å². The zero-order chi connectivity index (χ0) is 23.9. The summed E-state index contributed by atoms with van der Waals surface area (Å²) in [5.74, 6) is -2.08. The number of amides is 1. The summed E-state index contributed by atoms with van der Waals surface area (Å²) in [6.07, 6.45) is -4.23. The average molecular weight is 494 g/mol. The van der Waals surface area contributed by atoms with Gasteiger partial charge in [-0.3, -0.25) is 4.79 Å². The molecule has 32 heavy (non-hydrogen) atoms. The summed E-state index contributed by atoms with van der Waals surface area (Å²) in [5, 5.41) is 2.56. The molecular weight excluding hydrogens is 474 g/mol. The van der Waals surface area contributed by atoms with Gasteiger partial charge in [0.2, 0.25) is 0 Å². The highest BCUT2D eigenvalue weighted by Crippen LogP contribution is 2.44. The second-order valence-corrected chi connectivity index (χ2v) is 11.0. The Balaban J connectivity index is 1.68. The van der Waals surface area contributed by atoms with Gasteiger partial charge in [0.1, 0.15) is 11.6 Å². The van der Waals surface area contributed by atoms with Crippen molar-refractivity contribution >= 4 is 27.3 Å². The number of halogens is 5. The van der Waals surface area contributed by atoms with Gasteiger partial charge in [0.05, 0.1) is 14.7 Å². The molecule has 1 saturated carbocycles. The zero-order valence-electron chi connectivity index (χ0n) is 17.0. The van der Waals surface area contributed by atoms with Crippen molar-refractivity contribution < 1.29 is 35.5 Å². The molecule has 5 nitrogen and oxygen atoms in total. The van der Waals surface area contributed by atoms with Crippen LogP contribution in [0.15, 0.2) is 47.4 Å². The fourth-order valence-corrected chi connectivity index (χ4v) is 5.52. The topological polar surface area (TPSA) is 72.5 Å². The van der Waals surface area contributed by atoms with Crippen LogP contribution >= 0.6 is 11.6 Å². The number of hydrogen-bond acceptors (Lipinski definition) is 4. The Morgan fingerprint density at radius 1 is 1.12 bits per heavy atom. The Hall–Kier alpha value is -2.33. The van der Waals surface area contributed by atoms with Crippen molar-refractivity contribution in [3.8, 4) is 5.75 Å². The van der Waals surface area contributed by atoms with E-state index in [9.17, 15) is 30.8 Å². The minimum atomic E-state index is -4.94. The lowest BCUT2D eigenvalue weighted by molar-refractivity contribution is -0.274. The number of nitrogens with one attached hydrogen (secondary N) is 1. The first-order chi connectivity index (χ1) is 14.7. The maximum absolute atomic E-state index is 13.3. The van der Waals surface area contributed by atoms with E-state index in [4.69, 9.17) is 11.6 Å². The van der Waals surface area contributed by atoms with E-state index in [-0.39, 0.29) is 27.4 Å². The molecule has 1 N–H and O–H groups in total. The molecule has 1 aliphatic rings. The quantitative estimate of drug-likeness (QED) is 0.566. The SMILES string of the molecule is CC(C)([C@H]1C[C@@H](NC(=O)c2ccc(F)c(Cl)c2)C1)S(=O)(=O)c1cccc(OC(F)(F)F)c1. The summed E-state index contributed by atoms with van der Waals surface area (Å²) in [6.45, 7) is 3.00. The van der Waals surface area contributed by atoms with Crippen LogP contribution in [0.1, 0.15) is 37.0 Å². The Labute approximate surface area is 187 Å². The molecule has 0 radical (unpaired) electrons. The normalized spacial score (nSPS) is 19.2. The van der Waals surface area contributed by atoms with Crippen LogP contribution in [0.5, 0.6) is 5.75 Å². The molecule has 11 heteroatoms. The van der Waals surface area contributed by atoms with Crippen molar-refractivity contribution in [3.63, 3.8) is 0 Å². The van der Waals surface area contributed by atoms with Gasteiger partial charge >= 0.3 is 6.36 Å². The van der Waals surface area contributed by atoms with Gasteiger partial charge in [0.25, 0.3) is 5.91 Å². The Morgan fingerprint density at radius 2 is 1.78 bits per heavy atom. The number of carbonyl (C=O) groups excluding carboxylic acids is 1. The molecule has 174 valence electrons. The highest BCUT2D eigenvalue weighted by Gasteiger charge is 2.49. The van der Waals surface area contributed by atoms with E-state index >= 15 is 0 Å². The molecule has 0 heterocycles. The molecule has 0 spiro atoms. The van der Waals surface area contributed by atoms with Gasteiger partial charge in [0.15, 0.2) is 9.84 Å². The van der Waals surface area contributed by atoms with Crippen molar-refractivity contribution in [1.29, 1.82) is 0 Å². The number of sulfone groups is 1. The fourth-order valence-electron chi connectivity index (χ4n) is 3.57. The maximum atomic E-state index is 13.3. The van der Waals surface area contributed by atoms with Crippen LogP contribution in [0.4, 0.5) is 17.6 Å². The third kappa shape index (κ3) is 5.01. The summed E-state index contributed by atoms with van der Waals surface area (Å²) < 4.78 is 79.5. The predicted octanol–water partition coefficient (Wildman–Crippen LogP) is 5.14. The van der Waals surface area contributed by atoms with Gasteiger partial charge in [0, 0.05) is 11.6 Å². The molecule has 2 aromatic carbocycles. The van der Waals surface area contributed by atoms with Gasteiger partial charge in [-0.1, -0.05) is 17.7 Å². The number of benzene rings is 2. The second-order valence-electron chi connectivity index (χ2n) is 8.10. The van der Waals surface area contributed by atoms with Crippen LogP contribution in [0, 0.1) is 11.7 Å². The first-order valence-corrected chi connectivity index (χ1v) is 11.4. The van der Waals surface area contributed by atoms with Crippen molar-refractivity contribution in [1.82, 2.24) is 5.32 Å². The number of hydrogen-bond donors (Lipinski definition) is 1. The van der Waals surface area contributed by atoms with Crippen LogP contribution < -0.4 is 10.1 Å². The van der Waals surface area contributed by atoms with E-state index in [2.05, 4.69) is 10.1 Å². The predicted molar refractivity (Wildman–Crippen MR) is 110 cm³/mol. The van der Waals surface area contributed by atoms with Gasteiger partial charge in [-0.25, -0.2) is 12.8 Å². The van der Waals surface area contributed by atoms with Gasteiger partial charge in [-0.2, -0.15) is 0 Å². The summed E-state index contributed by atoms with van der Waals surface area (Å²) in [5.41, 5.74) is 0.174. The van der Waals surface area contributed by atoms with Crippen LogP contribution in [0.25, 0.3) is 0 Å². The smallest absolute Gasteiger partial charge is 0.406 e. The zero-order valence-corrected chi connectivity index (χ0v) is 18.6. The first kappa shape index (κ1) is 24.3. The van der Waals surface area contributed by atoms with Crippen molar-refractivity contribution in [2.75, 3.05) is 0 Å². The van der Waals surface area contributed by atoms with Crippen LogP contribution in [-0.4, -0.2) is 31.5 Å². The molecule has 0 saturated heterocycles. The van der Waals surface area contributed by atoms with E-state index in [1.165, 1.54) is 38.1 Å². The molecule has 0 atom stereocenters. The average Bonchev–Trinajstić information content (AvgIpc) is 2.64. The third-order valence-electron chi connectivity index (χ3n) is 5.68. The molecule has 0 aliphatic heterocycles. The second kappa shape index (κ2) is 8.55. The molecule has 0 bridgehead atoms. The molecule has 1 aliphatic carbocycles. The molecule has 1 fully saturated rings. The third-order valence-corrected chi connectivity index (χ3v) is 8.56. The minimum Gasteiger partial charge on any atom is -0.406 e. The summed E-state index contributed by atoms with van der Waals surface area (Å²) in [4.78, 5) is 12.0. The largest absolute Gasteiger partial charge is 0.573 e. The molecule has 0 unspecified atom stereocenters. The van der Waals surface area contributed by atoms with Gasteiger partial charge in [-0.05, 0) is 69.0 Å². The lowest BCUT2D eigenvalue weighted by atomic mass is 9.73. The van der Waals surface area contributed by atoms with Gasteiger partial charge in [-0.15, -0.1) is 13.2 Å². The lowest BCUT2D eigenvalue weighted by Gasteiger charge is -2.45. The Bertz CT molecular complexity index is 1130. The molecule has 1 amide bonds. The van der Waals surface area contributed by atoms with E-state index in [1.54, 1.807) is 0 Å². The lowest BCUT2D eigenvalue weighted by Crippen LogP contribution is -2.53. The highest BCUT2D eigenvalue weighted by molar-refractivity contribution is 7.92. The number of carbonyl (C=O) groups is 1. The highest BCUT2D eigenvalue weighted by atomic mass is 35.5. The molecule has 2 aromatic rings. The summed E-state index contributed by atoms with van der Waals surface area (Å²) in [7, 11) is -4.01. The standard InChI is InChI=1S/C21H20ClF4NO4S/c1-20(2,32(29,30)16-5-3-4-15(11-16)31-21(24,25)26)13-9-14(10-13)27-19(28)12-6-7-18(23)17(22)8-12/h3-8,11,13-14H,9-10H2,1-2H3,(H,27,28)/t13-,14+. The summed E-state index contributed by atoms with van der Waals surface area (Å²) in [6, 6.07) is 7.54. The monoisotopic (exact) mass is 493 g/mol. The Morgan fingerprint density at radius 3 is 2.38 bits per heavy atom. The van der Waals surface area contributed by atoms with E-state index in [0.29, 0.717) is 12.8 Å². The maximum Gasteiger partial charge on any atom is 0.573 e. The minimum absolute atomic E-state index is 0.174. The summed E-state index contributed by atoms with van der Waals surface area (Å²) >= 11 is 5.69. The van der Waals surface area contributed by atoms with E-state index in [0.717, 1.165) is 18.2 Å². The van der Waals surface area contributed by atoms with Gasteiger partial charge < -0.3 is 10.1 Å². The van der Waals surface area contributed by atoms with Crippen molar-refractivity contribution in [3.05, 3.63) is 58.9 Å². The van der Waals surface area contributed by atoms with Crippen LogP contribution in [0.2, 0.25) is 5.02 Å². The molecule has 0 aromatic heterocycles. The molecule has 3 rings (SSSR count). The fraction of sp³-hybridized carbons (Fsp3) is 0.381. The molecular formula is C21H20ClF4NO4S. The first-order valence-electron chi connectivity index (χ1n) is 9.57. The van der Waals surface area contributed by atoms with Crippen LogP contribution in [-0.2, 0) is 9.84 Å². The van der Waals surface area contributed by atoms with E-state index in [1.807, 2.05) is 0 Å². The van der Waals surface area contributed by atoms with Crippen LogP contribution in [0.3, 0.4) is 0 Å². The number of alkyl halides is 3. The van der Waals surface area contributed by atoms with Crippen molar-refractivity contribution in [2.45, 2.75) is 48.7 Å². The number of rotatable bonds is 6. The van der Waals surface area contributed by atoms with Crippen molar-refractivity contribution in [2.24, 2.45) is 5.92 Å². The Kier molecular flexibility index (Phi) is 6.50.